The highest BCUT2D eigenvalue weighted by Crippen LogP contribution is 2.21. The van der Waals surface area contributed by atoms with Crippen LogP contribution in [0.4, 0.5) is 5.69 Å². The van der Waals surface area contributed by atoms with Gasteiger partial charge in [0.25, 0.3) is 0 Å². The minimum Gasteiger partial charge on any atom is -0.329 e. The maximum Gasteiger partial charge on any atom is 0.241 e. The second-order valence-electron chi connectivity index (χ2n) is 5.36. The van der Waals surface area contributed by atoms with Crippen LogP contribution in [0.25, 0.3) is 0 Å². The Balaban J connectivity index is 2.04. The quantitative estimate of drug-likeness (QED) is 0.891. The van der Waals surface area contributed by atoms with E-state index >= 15 is 0 Å². The average Bonchev–Trinajstić information content (AvgIpc) is 2.39. The van der Waals surface area contributed by atoms with Crippen molar-refractivity contribution >= 4 is 11.6 Å². The Morgan fingerprint density at radius 1 is 1.21 bits per heavy atom. The minimum atomic E-state index is 0.164. The predicted octanol–water partition coefficient (Wildman–Crippen LogP) is 1.42. The van der Waals surface area contributed by atoms with Crippen LogP contribution in [0.5, 0.6) is 0 Å². The van der Waals surface area contributed by atoms with Crippen LogP contribution in [0.15, 0.2) is 24.3 Å². The largest absolute Gasteiger partial charge is 0.329 e. The number of piperazine rings is 1. The van der Waals surface area contributed by atoms with Gasteiger partial charge in [0.2, 0.25) is 5.91 Å². The fourth-order valence-corrected chi connectivity index (χ4v) is 2.41. The van der Waals surface area contributed by atoms with E-state index in [1.165, 1.54) is 5.56 Å². The Morgan fingerprint density at radius 2 is 1.89 bits per heavy atom. The normalized spacial score (nSPS) is 17.3. The van der Waals surface area contributed by atoms with Gasteiger partial charge in [0.05, 0.1) is 6.54 Å². The monoisotopic (exact) mass is 261 g/mol. The Labute approximate surface area is 115 Å². The number of benzene rings is 1. The SMILES string of the molecule is CC(C)c1ccc(N2CCN(CCN)CC2=O)cc1. The Hall–Kier alpha value is -1.39. The number of anilines is 1. The summed E-state index contributed by atoms with van der Waals surface area (Å²) in [4.78, 5) is 16.1. The van der Waals surface area contributed by atoms with Crippen molar-refractivity contribution in [2.75, 3.05) is 37.6 Å². The van der Waals surface area contributed by atoms with Gasteiger partial charge in [0.1, 0.15) is 0 Å². The molecule has 1 amide bonds. The Morgan fingerprint density at radius 3 is 2.42 bits per heavy atom. The van der Waals surface area contributed by atoms with Gasteiger partial charge in [-0.3, -0.25) is 9.69 Å². The zero-order valence-corrected chi connectivity index (χ0v) is 11.8. The second kappa shape index (κ2) is 6.17. The molecule has 4 heteroatoms. The summed E-state index contributed by atoms with van der Waals surface area (Å²) in [5.41, 5.74) is 7.83. The third kappa shape index (κ3) is 3.33. The average molecular weight is 261 g/mol. The van der Waals surface area contributed by atoms with Crippen molar-refractivity contribution in [2.24, 2.45) is 5.73 Å². The van der Waals surface area contributed by atoms with Gasteiger partial charge in [-0.2, -0.15) is 0 Å². The van der Waals surface area contributed by atoms with E-state index in [0.717, 1.165) is 25.3 Å². The number of carbonyl (C=O) groups excluding carboxylic acids is 1. The van der Waals surface area contributed by atoms with Gasteiger partial charge in [-0.25, -0.2) is 0 Å². The standard InChI is InChI=1S/C15H23N3O/c1-12(2)13-3-5-14(6-4-13)18-10-9-17(8-7-16)11-15(18)19/h3-6,12H,7-11,16H2,1-2H3. The molecule has 1 saturated heterocycles. The summed E-state index contributed by atoms with van der Waals surface area (Å²) in [6.07, 6.45) is 0. The van der Waals surface area contributed by atoms with Gasteiger partial charge in [0.15, 0.2) is 0 Å². The van der Waals surface area contributed by atoms with Gasteiger partial charge in [-0.05, 0) is 23.6 Å². The third-order valence-electron chi connectivity index (χ3n) is 3.62. The van der Waals surface area contributed by atoms with Gasteiger partial charge >= 0.3 is 0 Å². The zero-order chi connectivity index (χ0) is 13.8. The number of amides is 1. The summed E-state index contributed by atoms with van der Waals surface area (Å²) in [6, 6.07) is 8.32. The van der Waals surface area contributed by atoms with Crippen LogP contribution >= 0.6 is 0 Å². The molecule has 0 atom stereocenters. The molecule has 0 radical (unpaired) electrons. The van der Waals surface area contributed by atoms with E-state index in [0.29, 0.717) is 19.0 Å². The molecule has 104 valence electrons. The molecule has 2 N–H and O–H groups in total. The van der Waals surface area contributed by atoms with Crippen molar-refractivity contribution in [3.05, 3.63) is 29.8 Å². The van der Waals surface area contributed by atoms with E-state index in [9.17, 15) is 4.79 Å². The number of carbonyl (C=O) groups is 1. The molecule has 1 aromatic rings. The first-order chi connectivity index (χ1) is 9.11. The molecule has 0 aliphatic carbocycles. The van der Waals surface area contributed by atoms with E-state index in [1.54, 1.807) is 0 Å². The molecular formula is C15H23N3O. The van der Waals surface area contributed by atoms with Crippen LogP contribution < -0.4 is 10.6 Å². The molecule has 0 aromatic heterocycles. The zero-order valence-electron chi connectivity index (χ0n) is 11.8. The van der Waals surface area contributed by atoms with Crippen LogP contribution in [0.1, 0.15) is 25.3 Å². The molecule has 0 saturated carbocycles. The van der Waals surface area contributed by atoms with Crippen LogP contribution in [0.3, 0.4) is 0 Å². The molecule has 1 heterocycles. The number of nitrogens with zero attached hydrogens (tertiary/aromatic N) is 2. The topological polar surface area (TPSA) is 49.6 Å². The van der Waals surface area contributed by atoms with E-state index in [1.807, 2.05) is 17.0 Å². The summed E-state index contributed by atoms with van der Waals surface area (Å²) in [7, 11) is 0. The fourth-order valence-electron chi connectivity index (χ4n) is 2.41. The van der Waals surface area contributed by atoms with Crippen molar-refractivity contribution in [1.82, 2.24) is 4.90 Å². The molecule has 0 spiro atoms. The first-order valence-electron chi connectivity index (χ1n) is 6.94. The molecule has 1 aromatic carbocycles. The van der Waals surface area contributed by atoms with Crippen molar-refractivity contribution < 1.29 is 4.79 Å². The maximum atomic E-state index is 12.1. The minimum absolute atomic E-state index is 0.164. The lowest BCUT2D eigenvalue weighted by Gasteiger charge is -2.34. The van der Waals surface area contributed by atoms with Crippen LogP contribution in [-0.4, -0.2) is 43.5 Å². The lowest BCUT2D eigenvalue weighted by molar-refractivity contribution is -0.121. The number of nitrogens with two attached hydrogens (primary N) is 1. The van der Waals surface area contributed by atoms with Gasteiger partial charge in [0, 0.05) is 31.9 Å². The van der Waals surface area contributed by atoms with E-state index in [4.69, 9.17) is 5.73 Å². The highest BCUT2D eigenvalue weighted by Gasteiger charge is 2.24. The van der Waals surface area contributed by atoms with Crippen LogP contribution in [0.2, 0.25) is 0 Å². The van der Waals surface area contributed by atoms with Crippen molar-refractivity contribution in [2.45, 2.75) is 19.8 Å². The predicted molar refractivity (Wildman–Crippen MR) is 78.4 cm³/mol. The smallest absolute Gasteiger partial charge is 0.241 e. The third-order valence-corrected chi connectivity index (χ3v) is 3.62. The number of rotatable bonds is 4. The molecule has 2 rings (SSSR count). The van der Waals surface area contributed by atoms with E-state index in [-0.39, 0.29) is 5.91 Å². The summed E-state index contributed by atoms with van der Waals surface area (Å²) >= 11 is 0. The Kier molecular flexibility index (Phi) is 4.56. The molecule has 4 nitrogen and oxygen atoms in total. The first-order valence-corrected chi connectivity index (χ1v) is 6.94. The van der Waals surface area contributed by atoms with Crippen molar-refractivity contribution in [3.63, 3.8) is 0 Å². The molecule has 0 unspecified atom stereocenters. The van der Waals surface area contributed by atoms with Crippen molar-refractivity contribution in [3.8, 4) is 0 Å². The molecule has 1 fully saturated rings. The lowest BCUT2D eigenvalue weighted by Crippen LogP contribution is -2.51. The molecule has 1 aliphatic heterocycles. The summed E-state index contributed by atoms with van der Waals surface area (Å²) in [5.74, 6) is 0.683. The van der Waals surface area contributed by atoms with Gasteiger partial charge in [-0.15, -0.1) is 0 Å². The molecule has 0 bridgehead atoms. The number of hydrogen-bond donors (Lipinski definition) is 1. The lowest BCUT2D eigenvalue weighted by atomic mass is 10.0. The highest BCUT2D eigenvalue weighted by atomic mass is 16.2. The maximum absolute atomic E-state index is 12.1. The van der Waals surface area contributed by atoms with Gasteiger partial charge < -0.3 is 10.6 Å². The highest BCUT2D eigenvalue weighted by molar-refractivity contribution is 5.95. The van der Waals surface area contributed by atoms with E-state index < -0.39 is 0 Å². The summed E-state index contributed by atoms with van der Waals surface area (Å²) < 4.78 is 0. The first kappa shape index (κ1) is 14.0. The Bertz CT molecular complexity index is 428. The summed E-state index contributed by atoms with van der Waals surface area (Å²) in [6.45, 7) is 7.87. The fraction of sp³-hybridized carbons (Fsp3) is 0.533. The molecule has 19 heavy (non-hydrogen) atoms. The van der Waals surface area contributed by atoms with E-state index in [2.05, 4.69) is 30.9 Å². The van der Waals surface area contributed by atoms with Crippen molar-refractivity contribution in [1.29, 1.82) is 0 Å². The number of hydrogen-bond acceptors (Lipinski definition) is 3. The summed E-state index contributed by atoms with van der Waals surface area (Å²) in [5, 5.41) is 0. The van der Waals surface area contributed by atoms with Gasteiger partial charge in [-0.1, -0.05) is 26.0 Å². The molecule has 1 aliphatic rings. The van der Waals surface area contributed by atoms with Crippen LogP contribution in [0, 0.1) is 0 Å². The van der Waals surface area contributed by atoms with Crippen LogP contribution in [-0.2, 0) is 4.79 Å². The molecular weight excluding hydrogens is 238 g/mol. The second-order valence-corrected chi connectivity index (χ2v) is 5.36.